The van der Waals surface area contributed by atoms with E-state index >= 15 is 0 Å². The minimum Gasteiger partial charge on any atom is -0.309 e. The van der Waals surface area contributed by atoms with Crippen molar-refractivity contribution in [2.24, 2.45) is 0 Å². The Balaban J connectivity index is 2.03. The fourth-order valence-corrected chi connectivity index (χ4v) is 2.40. The predicted octanol–water partition coefficient (Wildman–Crippen LogP) is 4.76. The molecule has 21 heavy (non-hydrogen) atoms. The second-order valence-corrected chi connectivity index (χ2v) is 6.36. The quantitative estimate of drug-likeness (QED) is 0.835. The van der Waals surface area contributed by atoms with Crippen LogP contribution in [0.5, 0.6) is 0 Å². The molecule has 0 aliphatic rings. The third kappa shape index (κ3) is 3.92. The molecule has 0 aliphatic carbocycles. The van der Waals surface area contributed by atoms with E-state index in [1.807, 2.05) is 18.2 Å². The SMILES string of the molecule is Cc1ccc(C(C)NCC(C)(C)c2ccccc2)cc1F. The molecule has 2 heteroatoms. The summed E-state index contributed by atoms with van der Waals surface area (Å²) in [6.45, 7) is 9.14. The fraction of sp³-hybridized carbons (Fsp3) is 0.368. The maximum absolute atomic E-state index is 13.7. The number of rotatable bonds is 5. The Morgan fingerprint density at radius 1 is 1.10 bits per heavy atom. The van der Waals surface area contributed by atoms with Gasteiger partial charge in [0.05, 0.1) is 0 Å². The molecule has 0 saturated carbocycles. The molecule has 2 rings (SSSR count). The molecule has 0 spiro atoms. The summed E-state index contributed by atoms with van der Waals surface area (Å²) in [5, 5.41) is 3.52. The van der Waals surface area contributed by atoms with E-state index in [0.717, 1.165) is 12.1 Å². The van der Waals surface area contributed by atoms with Gasteiger partial charge >= 0.3 is 0 Å². The molecule has 0 heterocycles. The van der Waals surface area contributed by atoms with Crippen molar-refractivity contribution in [1.29, 1.82) is 0 Å². The van der Waals surface area contributed by atoms with Crippen LogP contribution in [0.1, 0.15) is 43.5 Å². The number of hydrogen-bond acceptors (Lipinski definition) is 1. The number of hydrogen-bond donors (Lipinski definition) is 1. The van der Waals surface area contributed by atoms with Crippen molar-refractivity contribution in [3.05, 3.63) is 71.0 Å². The van der Waals surface area contributed by atoms with Gasteiger partial charge in [-0.05, 0) is 36.6 Å². The smallest absolute Gasteiger partial charge is 0.126 e. The standard InChI is InChI=1S/C19H24FN/c1-14-10-11-16(12-18(14)20)15(2)21-13-19(3,4)17-8-6-5-7-9-17/h5-12,15,21H,13H2,1-4H3. The van der Waals surface area contributed by atoms with Gasteiger partial charge < -0.3 is 5.32 Å². The van der Waals surface area contributed by atoms with E-state index in [1.54, 1.807) is 13.0 Å². The van der Waals surface area contributed by atoms with Crippen LogP contribution in [0.3, 0.4) is 0 Å². The topological polar surface area (TPSA) is 12.0 Å². The zero-order valence-corrected chi connectivity index (χ0v) is 13.3. The lowest BCUT2D eigenvalue weighted by molar-refractivity contribution is 0.434. The summed E-state index contributed by atoms with van der Waals surface area (Å²) >= 11 is 0. The van der Waals surface area contributed by atoms with Crippen molar-refractivity contribution in [2.75, 3.05) is 6.54 Å². The van der Waals surface area contributed by atoms with Gasteiger partial charge in [-0.2, -0.15) is 0 Å². The molecule has 1 N–H and O–H groups in total. The van der Waals surface area contributed by atoms with Gasteiger partial charge in [-0.25, -0.2) is 4.39 Å². The molecule has 1 unspecified atom stereocenters. The zero-order chi connectivity index (χ0) is 15.5. The van der Waals surface area contributed by atoms with E-state index < -0.39 is 0 Å². The Morgan fingerprint density at radius 2 is 1.76 bits per heavy atom. The first-order chi connectivity index (χ1) is 9.90. The molecule has 1 nitrogen and oxygen atoms in total. The van der Waals surface area contributed by atoms with Gasteiger partial charge in [-0.15, -0.1) is 0 Å². The first-order valence-corrected chi connectivity index (χ1v) is 7.45. The van der Waals surface area contributed by atoms with E-state index in [0.29, 0.717) is 5.56 Å². The highest BCUT2D eigenvalue weighted by molar-refractivity contribution is 5.27. The zero-order valence-electron chi connectivity index (χ0n) is 13.3. The molecule has 0 aliphatic heterocycles. The fourth-order valence-electron chi connectivity index (χ4n) is 2.40. The molecular formula is C19H24FN. The number of benzene rings is 2. The number of aryl methyl sites for hydroxylation is 1. The molecule has 0 saturated heterocycles. The summed E-state index contributed by atoms with van der Waals surface area (Å²) < 4.78 is 13.7. The second-order valence-electron chi connectivity index (χ2n) is 6.36. The van der Waals surface area contributed by atoms with Crippen LogP contribution < -0.4 is 5.32 Å². The average Bonchev–Trinajstić information content (AvgIpc) is 2.48. The van der Waals surface area contributed by atoms with Crippen molar-refractivity contribution in [3.8, 4) is 0 Å². The third-order valence-electron chi connectivity index (χ3n) is 4.10. The minimum absolute atomic E-state index is 0.0404. The Labute approximate surface area is 127 Å². The van der Waals surface area contributed by atoms with Gasteiger partial charge in [-0.3, -0.25) is 0 Å². The first-order valence-electron chi connectivity index (χ1n) is 7.45. The lowest BCUT2D eigenvalue weighted by Crippen LogP contribution is -2.34. The Hall–Kier alpha value is -1.67. The van der Waals surface area contributed by atoms with Crippen LogP contribution in [0.4, 0.5) is 4.39 Å². The van der Waals surface area contributed by atoms with Crippen LogP contribution in [-0.4, -0.2) is 6.54 Å². The van der Waals surface area contributed by atoms with Gasteiger partial charge in [0, 0.05) is 18.0 Å². The van der Waals surface area contributed by atoms with E-state index in [4.69, 9.17) is 0 Å². The third-order valence-corrected chi connectivity index (χ3v) is 4.10. The first kappa shape index (κ1) is 15.7. The molecule has 0 fully saturated rings. The molecular weight excluding hydrogens is 261 g/mol. The lowest BCUT2D eigenvalue weighted by atomic mass is 9.84. The van der Waals surface area contributed by atoms with Crippen LogP contribution in [0, 0.1) is 12.7 Å². The van der Waals surface area contributed by atoms with Crippen LogP contribution in [0.15, 0.2) is 48.5 Å². The van der Waals surface area contributed by atoms with Gasteiger partial charge in [-0.1, -0.05) is 56.3 Å². The van der Waals surface area contributed by atoms with E-state index in [1.165, 1.54) is 5.56 Å². The Bertz CT molecular complexity index is 590. The van der Waals surface area contributed by atoms with Crippen LogP contribution in [0.25, 0.3) is 0 Å². The van der Waals surface area contributed by atoms with Crippen LogP contribution in [0.2, 0.25) is 0 Å². The summed E-state index contributed by atoms with van der Waals surface area (Å²) in [5.74, 6) is -0.136. The number of halogens is 1. The summed E-state index contributed by atoms with van der Waals surface area (Å²) in [6, 6.07) is 16.0. The summed E-state index contributed by atoms with van der Waals surface area (Å²) in [4.78, 5) is 0. The highest BCUT2D eigenvalue weighted by Crippen LogP contribution is 2.23. The Kier molecular flexibility index (Phi) is 4.79. The summed E-state index contributed by atoms with van der Waals surface area (Å²) in [7, 11) is 0. The summed E-state index contributed by atoms with van der Waals surface area (Å²) in [6.07, 6.45) is 0. The van der Waals surface area contributed by atoms with Gasteiger partial charge in [0.25, 0.3) is 0 Å². The largest absolute Gasteiger partial charge is 0.309 e. The van der Waals surface area contributed by atoms with E-state index in [-0.39, 0.29) is 17.3 Å². The van der Waals surface area contributed by atoms with E-state index in [9.17, 15) is 4.39 Å². The molecule has 0 aromatic heterocycles. The predicted molar refractivity (Wildman–Crippen MR) is 87.0 cm³/mol. The maximum Gasteiger partial charge on any atom is 0.126 e. The maximum atomic E-state index is 13.7. The molecule has 0 radical (unpaired) electrons. The molecule has 112 valence electrons. The molecule has 2 aromatic carbocycles. The normalized spacial score (nSPS) is 13.2. The van der Waals surface area contributed by atoms with Gasteiger partial charge in [0.2, 0.25) is 0 Å². The Morgan fingerprint density at radius 3 is 2.38 bits per heavy atom. The summed E-state index contributed by atoms with van der Waals surface area (Å²) in [5.41, 5.74) is 3.02. The highest BCUT2D eigenvalue weighted by atomic mass is 19.1. The molecule has 2 aromatic rings. The van der Waals surface area contributed by atoms with Crippen molar-refractivity contribution < 1.29 is 4.39 Å². The minimum atomic E-state index is -0.136. The van der Waals surface area contributed by atoms with Gasteiger partial charge in [0.1, 0.15) is 5.82 Å². The highest BCUT2D eigenvalue weighted by Gasteiger charge is 2.21. The van der Waals surface area contributed by atoms with Crippen LogP contribution in [-0.2, 0) is 5.41 Å². The van der Waals surface area contributed by atoms with Crippen molar-refractivity contribution in [3.63, 3.8) is 0 Å². The molecule has 0 amide bonds. The number of nitrogens with one attached hydrogen (secondary N) is 1. The lowest BCUT2D eigenvalue weighted by Gasteiger charge is -2.28. The second kappa shape index (κ2) is 6.40. The van der Waals surface area contributed by atoms with Crippen molar-refractivity contribution >= 4 is 0 Å². The van der Waals surface area contributed by atoms with E-state index in [2.05, 4.69) is 50.4 Å². The molecule has 1 atom stereocenters. The average molecular weight is 285 g/mol. The van der Waals surface area contributed by atoms with Crippen molar-refractivity contribution in [2.45, 2.75) is 39.2 Å². The van der Waals surface area contributed by atoms with Crippen LogP contribution >= 0.6 is 0 Å². The molecule has 0 bridgehead atoms. The van der Waals surface area contributed by atoms with Gasteiger partial charge in [0.15, 0.2) is 0 Å². The monoisotopic (exact) mass is 285 g/mol. The van der Waals surface area contributed by atoms with Crippen molar-refractivity contribution in [1.82, 2.24) is 5.32 Å².